The summed E-state index contributed by atoms with van der Waals surface area (Å²) in [5, 5.41) is 13.2. The third-order valence-corrected chi connectivity index (χ3v) is 3.56. The number of hydrogen-bond donors (Lipinski definition) is 1. The van der Waals surface area contributed by atoms with Crippen LogP contribution in [0.1, 0.15) is 43.4 Å². The minimum Gasteiger partial charge on any atom is -0.481 e. The van der Waals surface area contributed by atoms with Gasteiger partial charge in [-0.25, -0.2) is 0 Å². The van der Waals surface area contributed by atoms with Crippen LogP contribution in [-0.2, 0) is 18.3 Å². The van der Waals surface area contributed by atoms with Crippen LogP contribution < -0.4 is 0 Å². The van der Waals surface area contributed by atoms with Crippen molar-refractivity contribution in [2.75, 3.05) is 0 Å². The maximum Gasteiger partial charge on any atom is 0.306 e. The van der Waals surface area contributed by atoms with Crippen molar-refractivity contribution in [2.24, 2.45) is 13.0 Å². The second-order valence-electron chi connectivity index (χ2n) is 4.74. The smallest absolute Gasteiger partial charge is 0.306 e. The van der Waals surface area contributed by atoms with Gasteiger partial charge in [-0.2, -0.15) is 5.10 Å². The molecule has 2 rings (SSSR count). The molecule has 4 nitrogen and oxygen atoms in total. The molecule has 0 saturated heterocycles. The van der Waals surface area contributed by atoms with E-state index in [-0.39, 0.29) is 5.92 Å². The van der Waals surface area contributed by atoms with Gasteiger partial charge in [-0.15, -0.1) is 0 Å². The SMILES string of the molecule is CC(Cc1c(C2CCC2)cnn1C)C(=O)O. The first kappa shape index (κ1) is 11.2. The van der Waals surface area contributed by atoms with E-state index in [0.717, 1.165) is 5.69 Å². The van der Waals surface area contributed by atoms with Crippen LogP contribution in [0.3, 0.4) is 0 Å². The van der Waals surface area contributed by atoms with Crippen molar-refractivity contribution >= 4 is 5.97 Å². The monoisotopic (exact) mass is 222 g/mol. The fourth-order valence-electron chi connectivity index (χ4n) is 2.17. The van der Waals surface area contributed by atoms with E-state index in [1.807, 2.05) is 17.9 Å². The fraction of sp³-hybridized carbons (Fsp3) is 0.667. The van der Waals surface area contributed by atoms with Crippen molar-refractivity contribution in [3.63, 3.8) is 0 Å². The summed E-state index contributed by atoms with van der Waals surface area (Å²) in [7, 11) is 1.89. The van der Waals surface area contributed by atoms with Gasteiger partial charge in [-0.1, -0.05) is 13.3 Å². The van der Waals surface area contributed by atoms with E-state index in [4.69, 9.17) is 5.11 Å². The van der Waals surface area contributed by atoms with Crippen molar-refractivity contribution in [2.45, 2.75) is 38.5 Å². The van der Waals surface area contributed by atoms with E-state index in [0.29, 0.717) is 12.3 Å². The summed E-state index contributed by atoms with van der Waals surface area (Å²) in [5.41, 5.74) is 2.36. The second-order valence-corrected chi connectivity index (χ2v) is 4.74. The van der Waals surface area contributed by atoms with E-state index >= 15 is 0 Å². The first-order valence-electron chi connectivity index (χ1n) is 5.83. The Labute approximate surface area is 95.3 Å². The van der Waals surface area contributed by atoms with Crippen LogP contribution in [0.5, 0.6) is 0 Å². The largest absolute Gasteiger partial charge is 0.481 e. The van der Waals surface area contributed by atoms with Gasteiger partial charge in [-0.3, -0.25) is 9.48 Å². The van der Waals surface area contributed by atoms with Gasteiger partial charge in [0.05, 0.1) is 12.1 Å². The molecular weight excluding hydrogens is 204 g/mol. The summed E-state index contributed by atoms with van der Waals surface area (Å²) in [6.45, 7) is 1.75. The van der Waals surface area contributed by atoms with Crippen molar-refractivity contribution in [1.82, 2.24) is 9.78 Å². The van der Waals surface area contributed by atoms with Crippen LogP contribution in [0, 0.1) is 5.92 Å². The van der Waals surface area contributed by atoms with Crippen LogP contribution >= 0.6 is 0 Å². The minimum absolute atomic E-state index is 0.339. The van der Waals surface area contributed by atoms with Crippen LogP contribution in [0.2, 0.25) is 0 Å². The molecule has 16 heavy (non-hydrogen) atoms. The van der Waals surface area contributed by atoms with Gasteiger partial charge < -0.3 is 5.11 Å². The molecular formula is C12H18N2O2. The molecule has 1 saturated carbocycles. The lowest BCUT2D eigenvalue weighted by Crippen LogP contribution is -2.17. The van der Waals surface area contributed by atoms with Crippen LogP contribution in [0.15, 0.2) is 6.20 Å². The molecule has 1 aliphatic carbocycles. The first-order chi connectivity index (χ1) is 7.59. The Morgan fingerprint density at radius 2 is 2.38 bits per heavy atom. The third-order valence-electron chi connectivity index (χ3n) is 3.56. The molecule has 4 heteroatoms. The van der Waals surface area contributed by atoms with Gasteiger partial charge in [-0.05, 0) is 24.3 Å². The van der Waals surface area contributed by atoms with Crippen molar-refractivity contribution in [3.8, 4) is 0 Å². The molecule has 1 N–H and O–H groups in total. The van der Waals surface area contributed by atoms with E-state index in [2.05, 4.69) is 5.10 Å². The quantitative estimate of drug-likeness (QED) is 0.847. The lowest BCUT2D eigenvalue weighted by atomic mass is 9.79. The number of aryl methyl sites for hydroxylation is 1. The Kier molecular flexibility index (Phi) is 2.99. The van der Waals surface area contributed by atoms with Gasteiger partial charge in [0.1, 0.15) is 0 Å². The van der Waals surface area contributed by atoms with Gasteiger partial charge in [0.15, 0.2) is 0 Å². The highest BCUT2D eigenvalue weighted by Gasteiger charge is 2.26. The highest BCUT2D eigenvalue weighted by atomic mass is 16.4. The zero-order chi connectivity index (χ0) is 11.7. The highest BCUT2D eigenvalue weighted by Crippen LogP contribution is 2.38. The predicted molar refractivity (Wildman–Crippen MR) is 60.3 cm³/mol. The second kappa shape index (κ2) is 4.28. The highest BCUT2D eigenvalue weighted by molar-refractivity contribution is 5.69. The molecule has 0 aliphatic heterocycles. The van der Waals surface area contributed by atoms with Gasteiger partial charge >= 0.3 is 5.97 Å². The number of aromatic nitrogens is 2. The van der Waals surface area contributed by atoms with Crippen LogP contribution in [0.4, 0.5) is 0 Å². The number of hydrogen-bond acceptors (Lipinski definition) is 2. The number of carbonyl (C=O) groups is 1. The molecule has 1 fully saturated rings. The molecule has 1 aromatic heterocycles. The predicted octanol–water partition coefficient (Wildman–Crippen LogP) is 1.95. The molecule has 1 unspecified atom stereocenters. The minimum atomic E-state index is -0.735. The molecule has 88 valence electrons. The van der Waals surface area contributed by atoms with Gasteiger partial charge in [0, 0.05) is 19.2 Å². The van der Waals surface area contributed by atoms with Crippen LogP contribution in [0.25, 0.3) is 0 Å². The molecule has 0 spiro atoms. The van der Waals surface area contributed by atoms with E-state index in [1.165, 1.54) is 24.8 Å². The van der Waals surface area contributed by atoms with E-state index in [9.17, 15) is 4.79 Å². The van der Waals surface area contributed by atoms with E-state index in [1.54, 1.807) is 6.92 Å². The fourth-order valence-corrected chi connectivity index (χ4v) is 2.17. The molecule has 1 atom stereocenters. The van der Waals surface area contributed by atoms with Gasteiger partial charge in [0.2, 0.25) is 0 Å². The number of carboxylic acid groups (broad SMARTS) is 1. The van der Waals surface area contributed by atoms with Crippen molar-refractivity contribution in [3.05, 3.63) is 17.5 Å². The molecule has 0 amide bonds. The third kappa shape index (κ3) is 1.96. The lowest BCUT2D eigenvalue weighted by molar-refractivity contribution is -0.141. The number of nitrogens with zero attached hydrogens (tertiary/aromatic N) is 2. The van der Waals surface area contributed by atoms with E-state index < -0.39 is 5.97 Å². The Morgan fingerprint density at radius 3 is 2.88 bits per heavy atom. The molecule has 1 heterocycles. The normalized spacial score (nSPS) is 18.1. The average Bonchev–Trinajstić information content (AvgIpc) is 2.47. The summed E-state index contributed by atoms with van der Waals surface area (Å²) in [4.78, 5) is 10.9. The molecule has 0 bridgehead atoms. The van der Waals surface area contributed by atoms with Gasteiger partial charge in [0.25, 0.3) is 0 Å². The Morgan fingerprint density at radius 1 is 1.69 bits per heavy atom. The zero-order valence-corrected chi connectivity index (χ0v) is 9.81. The summed E-state index contributed by atoms with van der Waals surface area (Å²) in [6, 6.07) is 0. The number of rotatable bonds is 4. The molecule has 0 aromatic carbocycles. The summed E-state index contributed by atoms with van der Waals surface area (Å²) < 4.78 is 1.83. The maximum atomic E-state index is 10.9. The van der Waals surface area contributed by atoms with Crippen molar-refractivity contribution in [1.29, 1.82) is 0 Å². The topological polar surface area (TPSA) is 55.1 Å². The summed E-state index contributed by atoms with van der Waals surface area (Å²) in [5.74, 6) is -0.459. The number of carboxylic acids is 1. The summed E-state index contributed by atoms with van der Waals surface area (Å²) >= 11 is 0. The lowest BCUT2D eigenvalue weighted by Gasteiger charge is -2.26. The molecule has 0 radical (unpaired) electrons. The number of aliphatic carboxylic acids is 1. The Balaban J connectivity index is 2.18. The zero-order valence-electron chi connectivity index (χ0n) is 9.81. The Bertz CT molecular complexity index is 394. The first-order valence-corrected chi connectivity index (χ1v) is 5.83. The maximum absolute atomic E-state index is 10.9. The van der Waals surface area contributed by atoms with Crippen molar-refractivity contribution < 1.29 is 9.90 Å². The summed E-state index contributed by atoms with van der Waals surface area (Å²) in [6.07, 6.45) is 6.22. The molecule has 1 aliphatic rings. The Hall–Kier alpha value is -1.32. The average molecular weight is 222 g/mol. The standard InChI is InChI=1S/C12H18N2O2/c1-8(12(15)16)6-11-10(7-13-14(11)2)9-4-3-5-9/h7-9H,3-6H2,1-2H3,(H,15,16). The van der Waals surface area contributed by atoms with Crippen LogP contribution in [-0.4, -0.2) is 20.9 Å². The molecule has 1 aromatic rings.